The number of halogens is 3. The van der Waals surface area contributed by atoms with Gasteiger partial charge in [0, 0.05) is 4.47 Å². The van der Waals surface area contributed by atoms with Gasteiger partial charge in [-0.2, -0.15) is 0 Å². The lowest BCUT2D eigenvalue weighted by atomic mass is 10.3. The molecule has 0 radical (unpaired) electrons. The van der Waals surface area contributed by atoms with E-state index in [0.717, 1.165) is 4.47 Å². The number of carbonyl (C=O) groups excluding carboxylic acids is 1. The van der Waals surface area contributed by atoms with Crippen LogP contribution in [0.25, 0.3) is 0 Å². The highest BCUT2D eigenvalue weighted by atomic mass is 79.9. The first-order valence-corrected chi connectivity index (χ1v) is 6.38. The number of hydrogen-bond acceptors (Lipinski definition) is 3. The van der Waals surface area contributed by atoms with E-state index in [4.69, 9.17) is 32.7 Å². The Labute approximate surface area is 118 Å². The molecule has 0 unspecified atom stereocenters. The standard InChI is InChI=1S/C11H11BrCl2O3/c1-11(13,14)10(15)17-7-6-16-9-4-2-8(12)3-5-9/h2-5H,6-7H2,1H3. The summed E-state index contributed by atoms with van der Waals surface area (Å²) in [5.41, 5.74) is 0. The SMILES string of the molecule is CC(Cl)(Cl)C(=O)OCCOc1ccc(Br)cc1. The molecule has 0 amide bonds. The lowest BCUT2D eigenvalue weighted by molar-refractivity contribution is -0.144. The average Bonchev–Trinajstić information content (AvgIpc) is 2.25. The minimum absolute atomic E-state index is 0.101. The molecule has 0 bridgehead atoms. The molecule has 0 atom stereocenters. The molecule has 0 saturated carbocycles. The predicted octanol–water partition coefficient (Wildman–Crippen LogP) is 3.56. The van der Waals surface area contributed by atoms with Crippen LogP contribution >= 0.6 is 39.1 Å². The van der Waals surface area contributed by atoms with Gasteiger partial charge in [0.1, 0.15) is 19.0 Å². The van der Waals surface area contributed by atoms with E-state index in [1.54, 1.807) is 12.1 Å². The lowest BCUT2D eigenvalue weighted by Crippen LogP contribution is -2.26. The molecule has 1 aromatic carbocycles. The van der Waals surface area contributed by atoms with Gasteiger partial charge in [-0.1, -0.05) is 39.1 Å². The van der Waals surface area contributed by atoms with E-state index in [1.807, 2.05) is 12.1 Å². The number of alkyl halides is 2. The minimum atomic E-state index is -1.52. The summed E-state index contributed by atoms with van der Waals surface area (Å²) in [6.45, 7) is 1.70. The molecular weight excluding hydrogens is 331 g/mol. The van der Waals surface area contributed by atoms with E-state index in [-0.39, 0.29) is 13.2 Å². The van der Waals surface area contributed by atoms with Crippen LogP contribution in [-0.4, -0.2) is 23.5 Å². The number of ether oxygens (including phenoxy) is 2. The van der Waals surface area contributed by atoms with Crippen LogP contribution in [0.4, 0.5) is 0 Å². The first kappa shape index (κ1) is 14.6. The van der Waals surface area contributed by atoms with Gasteiger partial charge in [0.25, 0.3) is 0 Å². The van der Waals surface area contributed by atoms with Crippen molar-refractivity contribution in [1.82, 2.24) is 0 Å². The summed E-state index contributed by atoms with van der Waals surface area (Å²) < 4.78 is 9.61. The summed E-state index contributed by atoms with van der Waals surface area (Å²) in [6, 6.07) is 7.32. The molecule has 0 aliphatic carbocycles. The number of carbonyl (C=O) groups is 1. The van der Waals surface area contributed by atoms with Crippen molar-refractivity contribution in [2.75, 3.05) is 13.2 Å². The molecule has 0 heterocycles. The third-order valence-electron chi connectivity index (χ3n) is 1.76. The van der Waals surface area contributed by atoms with E-state index in [0.29, 0.717) is 5.75 Å². The Hall–Kier alpha value is -0.450. The van der Waals surface area contributed by atoms with Gasteiger partial charge in [0.05, 0.1) is 0 Å². The Morgan fingerprint density at radius 2 is 1.88 bits per heavy atom. The molecule has 0 N–H and O–H groups in total. The summed E-state index contributed by atoms with van der Waals surface area (Å²) in [5, 5.41) is 0. The molecule has 0 aliphatic heterocycles. The van der Waals surface area contributed by atoms with Crippen molar-refractivity contribution < 1.29 is 14.3 Å². The van der Waals surface area contributed by atoms with Crippen molar-refractivity contribution >= 4 is 45.1 Å². The van der Waals surface area contributed by atoms with Gasteiger partial charge in [-0.05, 0) is 31.2 Å². The van der Waals surface area contributed by atoms with Gasteiger partial charge in [0.2, 0.25) is 4.33 Å². The van der Waals surface area contributed by atoms with Crippen molar-refractivity contribution in [2.24, 2.45) is 0 Å². The number of esters is 1. The van der Waals surface area contributed by atoms with E-state index in [9.17, 15) is 4.79 Å². The quantitative estimate of drug-likeness (QED) is 0.466. The molecule has 3 nitrogen and oxygen atoms in total. The number of hydrogen-bond donors (Lipinski definition) is 0. The van der Waals surface area contributed by atoms with Gasteiger partial charge >= 0.3 is 5.97 Å². The van der Waals surface area contributed by atoms with Crippen molar-refractivity contribution in [3.05, 3.63) is 28.7 Å². The van der Waals surface area contributed by atoms with E-state index in [2.05, 4.69) is 15.9 Å². The number of rotatable bonds is 5. The van der Waals surface area contributed by atoms with Crippen LogP contribution in [0, 0.1) is 0 Å². The molecule has 0 aliphatic rings. The fourth-order valence-corrected chi connectivity index (χ4v) is 1.32. The van der Waals surface area contributed by atoms with Gasteiger partial charge in [0.15, 0.2) is 0 Å². The summed E-state index contributed by atoms with van der Waals surface area (Å²) >= 11 is 14.4. The lowest BCUT2D eigenvalue weighted by Gasteiger charge is -2.12. The molecule has 0 fully saturated rings. The average molecular weight is 342 g/mol. The maximum absolute atomic E-state index is 11.2. The van der Waals surface area contributed by atoms with Crippen LogP contribution < -0.4 is 4.74 Å². The maximum Gasteiger partial charge on any atom is 0.342 e. The molecule has 17 heavy (non-hydrogen) atoms. The zero-order valence-corrected chi connectivity index (χ0v) is 12.2. The third-order valence-corrected chi connectivity index (χ3v) is 2.59. The van der Waals surface area contributed by atoms with Crippen LogP contribution in [0.2, 0.25) is 0 Å². The molecule has 1 aromatic rings. The predicted molar refractivity (Wildman–Crippen MR) is 70.7 cm³/mol. The molecule has 94 valence electrons. The van der Waals surface area contributed by atoms with Crippen LogP contribution in [-0.2, 0) is 9.53 Å². The van der Waals surface area contributed by atoms with Crippen molar-refractivity contribution in [2.45, 2.75) is 11.3 Å². The second-order valence-electron chi connectivity index (χ2n) is 3.33. The Morgan fingerprint density at radius 1 is 1.29 bits per heavy atom. The smallest absolute Gasteiger partial charge is 0.342 e. The Morgan fingerprint density at radius 3 is 2.41 bits per heavy atom. The molecule has 6 heteroatoms. The molecule has 1 rings (SSSR count). The molecular formula is C11H11BrCl2O3. The van der Waals surface area contributed by atoms with Crippen LogP contribution in [0.3, 0.4) is 0 Å². The Bertz CT molecular complexity index is 373. The Kier molecular flexibility index (Phi) is 5.56. The fraction of sp³-hybridized carbons (Fsp3) is 0.364. The second kappa shape index (κ2) is 6.47. The van der Waals surface area contributed by atoms with E-state index < -0.39 is 10.3 Å². The van der Waals surface area contributed by atoms with Crippen molar-refractivity contribution in [3.8, 4) is 5.75 Å². The second-order valence-corrected chi connectivity index (χ2v) is 5.95. The van der Waals surface area contributed by atoms with E-state index in [1.165, 1.54) is 6.92 Å². The summed E-state index contributed by atoms with van der Waals surface area (Å²) in [7, 11) is 0. The first-order valence-electron chi connectivity index (χ1n) is 4.83. The number of benzene rings is 1. The normalized spacial score (nSPS) is 11.1. The Balaban J connectivity index is 2.25. The van der Waals surface area contributed by atoms with Gasteiger partial charge < -0.3 is 9.47 Å². The summed E-state index contributed by atoms with van der Waals surface area (Å²) in [4.78, 5) is 11.2. The first-order chi connectivity index (χ1) is 7.89. The van der Waals surface area contributed by atoms with Crippen LogP contribution in [0.15, 0.2) is 28.7 Å². The van der Waals surface area contributed by atoms with Gasteiger partial charge in [-0.3, -0.25) is 0 Å². The third kappa shape index (κ3) is 5.61. The zero-order chi connectivity index (χ0) is 12.9. The van der Waals surface area contributed by atoms with Crippen molar-refractivity contribution in [1.29, 1.82) is 0 Å². The van der Waals surface area contributed by atoms with Crippen molar-refractivity contribution in [3.63, 3.8) is 0 Å². The zero-order valence-electron chi connectivity index (χ0n) is 9.08. The highest BCUT2D eigenvalue weighted by molar-refractivity contribution is 9.10. The molecule has 0 spiro atoms. The summed E-state index contributed by atoms with van der Waals surface area (Å²) in [6.07, 6.45) is 0. The van der Waals surface area contributed by atoms with Gasteiger partial charge in [-0.15, -0.1) is 0 Å². The molecule has 0 saturated heterocycles. The topological polar surface area (TPSA) is 35.5 Å². The molecule has 0 aromatic heterocycles. The van der Waals surface area contributed by atoms with Crippen LogP contribution in [0.1, 0.15) is 6.92 Å². The highest BCUT2D eigenvalue weighted by Gasteiger charge is 2.28. The fourth-order valence-electron chi connectivity index (χ4n) is 0.951. The monoisotopic (exact) mass is 340 g/mol. The largest absolute Gasteiger partial charge is 0.490 e. The van der Waals surface area contributed by atoms with Crippen LogP contribution in [0.5, 0.6) is 5.75 Å². The highest BCUT2D eigenvalue weighted by Crippen LogP contribution is 2.21. The summed E-state index contributed by atoms with van der Waals surface area (Å²) in [5.74, 6) is 0.0176. The van der Waals surface area contributed by atoms with Gasteiger partial charge in [-0.25, -0.2) is 4.79 Å². The maximum atomic E-state index is 11.2. The minimum Gasteiger partial charge on any atom is -0.490 e. The van der Waals surface area contributed by atoms with E-state index >= 15 is 0 Å².